The van der Waals surface area contributed by atoms with Crippen LogP contribution in [0.4, 0.5) is 5.13 Å². The molecule has 0 aliphatic rings. The van der Waals surface area contributed by atoms with Crippen LogP contribution in [0.3, 0.4) is 0 Å². The molecule has 4 nitrogen and oxygen atoms in total. The molecule has 0 bridgehead atoms. The number of hydrogen-bond acceptors (Lipinski definition) is 5. The monoisotopic (exact) mass is 246 g/mol. The molecule has 0 fully saturated rings. The van der Waals surface area contributed by atoms with Crippen LogP contribution in [0.15, 0.2) is 12.1 Å². The Morgan fingerprint density at radius 1 is 1.14 bits per heavy atom. The van der Waals surface area contributed by atoms with Crippen LogP contribution in [0.25, 0.3) is 11.4 Å². The summed E-state index contributed by atoms with van der Waals surface area (Å²) in [4.78, 5) is 7.82. The lowest BCUT2D eigenvalue weighted by Gasteiger charge is -1.96. The van der Waals surface area contributed by atoms with Gasteiger partial charge >= 0.3 is 0 Å². The number of nitrogen functional groups attached to an aromatic ring is 1. The molecule has 0 spiro atoms. The van der Waals surface area contributed by atoms with Crippen molar-refractivity contribution in [2.24, 2.45) is 0 Å². The predicted molar refractivity (Wildman–Crippen MR) is 57.6 cm³/mol. The Kier molecular flexibility index (Phi) is 2.54. The van der Waals surface area contributed by atoms with E-state index in [0.29, 0.717) is 26.8 Å². The maximum absolute atomic E-state index is 5.73. The number of hydrogen-bond donors (Lipinski definition) is 1. The minimum absolute atomic E-state index is 0.306. The van der Waals surface area contributed by atoms with Gasteiger partial charge in [0, 0.05) is 17.1 Å². The highest BCUT2D eigenvalue weighted by Crippen LogP contribution is 2.24. The fourth-order valence-electron chi connectivity index (χ4n) is 0.946. The van der Waals surface area contributed by atoms with Crippen LogP contribution in [0.2, 0.25) is 10.3 Å². The van der Waals surface area contributed by atoms with Gasteiger partial charge in [-0.2, -0.15) is 9.36 Å². The third kappa shape index (κ3) is 1.95. The van der Waals surface area contributed by atoms with Crippen LogP contribution in [0.5, 0.6) is 0 Å². The van der Waals surface area contributed by atoms with E-state index in [4.69, 9.17) is 28.9 Å². The SMILES string of the molecule is Nc1nc(-c2cc(Cl)nc(Cl)c2)ns1. The quantitative estimate of drug-likeness (QED) is 0.786. The Bertz CT molecular complexity index is 450. The van der Waals surface area contributed by atoms with Gasteiger partial charge in [-0.3, -0.25) is 0 Å². The van der Waals surface area contributed by atoms with E-state index in [9.17, 15) is 0 Å². The highest BCUT2D eigenvalue weighted by atomic mass is 35.5. The smallest absolute Gasteiger partial charge is 0.200 e. The molecule has 0 atom stereocenters. The summed E-state index contributed by atoms with van der Waals surface area (Å²) in [5.74, 6) is 0.513. The first-order chi connectivity index (χ1) is 6.65. The van der Waals surface area contributed by atoms with Crippen LogP contribution < -0.4 is 5.73 Å². The van der Waals surface area contributed by atoms with Crippen molar-refractivity contribution in [3.8, 4) is 11.4 Å². The van der Waals surface area contributed by atoms with E-state index < -0.39 is 0 Å². The fourth-order valence-corrected chi connectivity index (χ4v) is 1.86. The highest BCUT2D eigenvalue weighted by Gasteiger charge is 2.07. The van der Waals surface area contributed by atoms with Crippen LogP contribution in [-0.2, 0) is 0 Å². The Labute approximate surface area is 93.9 Å². The lowest BCUT2D eigenvalue weighted by molar-refractivity contribution is 1.28. The third-order valence-electron chi connectivity index (χ3n) is 1.46. The number of aromatic nitrogens is 3. The number of nitrogens with zero attached hydrogens (tertiary/aromatic N) is 3. The maximum atomic E-state index is 5.73. The molecule has 7 heteroatoms. The first-order valence-electron chi connectivity index (χ1n) is 3.58. The molecule has 0 aromatic carbocycles. The second-order valence-electron chi connectivity index (χ2n) is 2.46. The Morgan fingerprint density at radius 3 is 2.29 bits per heavy atom. The zero-order chi connectivity index (χ0) is 10.1. The van der Waals surface area contributed by atoms with Gasteiger partial charge in [0.1, 0.15) is 10.3 Å². The van der Waals surface area contributed by atoms with E-state index in [1.165, 1.54) is 0 Å². The topological polar surface area (TPSA) is 64.7 Å². The normalized spacial score (nSPS) is 10.4. The molecule has 2 N–H and O–H groups in total. The number of anilines is 1. The molecule has 2 aromatic rings. The summed E-state index contributed by atoms with van der Waals surface area (Å²) in [6.07, 6.45) is 0. The average molecular weight is 247 g/mol. The Hall–Kier alpha value is -0.910. The third-order valence-corrected chi connectivity index (χ3v) is 2.39. The van der Waals surface area contributed by atoms with E-state index >= 15 is 0 Å². The van der Waals surface area contributed by atoms with Gasteiger partial charge in [-0.05, 0) is 12.1 Å². The van der Waals surface area contributed by atoms with Crippen molar-refractivity contribution in [1.29, 1.82) is 0 Å². The number of nitrogens with two attached hydrogens (primary N) is 1. The minimum atomic E-state index is 0.306. The predicted octanol–water partition coefficient (Wildman–Crippen LogP) is 2.49. The molecule has 2 heterocycles. The molecule has 0 amide bonds. The van der Waals surface area contributed by atoms with Gasteiger partial charge in [0.25, 0.3) is 0 Å². The standard InChI is InChI=1S/C7H4Cl2N4S/c8-4-1-3(2-5(9)11-4)6-12-7(10)14-13-6/h1-2H,(H2,10,12,13). The maximum Gasteiger partial charge on any atom is 0.200 e. The van der Waals surface area contributed by atoms with Crippen molar-refractivity contribution < 1.29 is 0 Å². The molecule has 72 valence electrons. The van der Waals surface area contributed by atoms with E-state index in [1.807, 2.05) is 0 Å². The van der Waals surface area contributed by atoms with Crippen molar-refractivity contribution in [3.05, 3.63) is 22.4 Å². The van der Waals surface area contributed by atoms with Gasteiger partial charge in [0.05, 0.1) is 0 Å². The van der Waals surface area contributed by atoms with Crippen molar-refractivity contribution in [3.63, 3.8) is 0 Å². The molecule has 0 saturated carbocycles. The first-order valence-corrected chi connectivity index (χ1v) is 5.11. The molecule has 2 rings (SSSR count). The molecule has 0 radical (unpaired) electrons. The summed E-state index contributed by atoms with van der Waals surface area (Å²) >= 11 is 12.6. The van der Waals surface area contributed by atoms with Gasteiger partial charge in [-0.15, -0.1) is 0 Å². The van der Waals surface area contributed by atoms with Crippen LogP contribution in [0.1, 0.15) is 0 Å². The summed E-state index contributed by atoms with van der Waals surface area (Å²) in [5.41, 5.74) is 6.17. The lowest BCUT2D eigenvalue weighted by atomic mass is 10.2. The summed E-state index contributed by atoms with van der Waals surface area (Å²) in [5, 5.41) is 1.02. The summed E-state index contributed by atoms with van der Waals surface area (Å²) < 4.78 is 4.03. The van der Waals surface area contributed by atoms with Crippen molar-refractivity contribution >= 4 is 39.9 Å². The summed E-state index contributed by atoms with van der Waals surface area (Å²) in [6.45, 7) is 0. The molecular formula is C7H4Cl2N4S. The van der Waals surface area contributed by atoms with E-state index in [-0.39, 0.29) is 0 Å². The van der Waals surface area contributed by atoms with Gasteiger partial charge in [0.15, 0.2) is 11.0 Å². The van der Waals surface area contributed by atoms with Gasteiger partial charge in [-0.1, -0.05) is 23.2 Å². The largest absolute Gasteiger partial charge is 0.374 e. The fraction of sp³-hybridized carbons (Fsp3) is 0. The molecule has 0 saturated heterocycles. The van der Waals surface area contributed by atoms with Gasteiger partial charge in [0.2, 0.25) is 0 Å². The zero-order valence-corrected chi connectivity index (χ0v) is 9.07. The minimum Gasteiger partial charge on any atom is -0.374 e. The second-order valence-corrected chi connectivity index (χ2v) is 4.02. The molecule has 14 heavy (non-hydrogen) atoms. The van der Waals surface area contributed by atoms with Crippen LogP contribution >= 0.6 is 34.7 Å². The van der Waals surface area contributed by atoms with E-state index in [0.717, 1.165) is 11.5 Å². The number of rotatable bonds is 1. The van der Waals surface area contributed by atoms with Gasteiger partial charge < -0.3 is 5.73 Å². The highest BCUT2D eigenvalue weighted by molar-refractivity contribution is 7.09. The first kappa shape index (κ1) is 9.64. The van der Waals surface area contributed by atoms with E-state index in [1.54, 1.807) is 12.1 Å². The molecule has 0 aliphatic carbocycles. The van der Waals surface area contributed by atoms with Crippen molar-refractivity contribution in [1.82, 2.24) is 14.3 Å². The Balaban J connectivity index is 2.51. The molecule has 2 aromatic heterocycles. The molecule has 0 unspecified atom stereocenters. The van der Waals surface area contributed by atoms with E-state index in [2.05, 4.69) is 14.3 Å². The zero-order valence-electron chi connectivity index (χ0n) is 6.74. The van der Waals surface area contributed by atoms with Gasteiger partial charge in [-0.25, -0.2) is 4.98 Å². The van der Waals surface area contributed by atoms with Crippen LogP contribution in [0, 0.1) is 0 Å². The summed E-state index contributed by atoms with van der Waals surface area (Å²) in [6, 6.07) is 3.27. The molecule has 0 aliphatic heterocycles. The van der Waals surface area contributed by atoms with Crippen molar-refractivity contribution in [2.75, 3.05) is 5.73 Å². The number of pyridine rings is 1. The average Bonchev–Trinajstić information content (AvgIpc) is 2.50. The van der Waals surface area contributed by atoms with Crippen LogP contribution in [-0.4, -0.2) is 14.3 Å². The lowest BCUT2D eigenvalue weighted by Crippen LogP contribution is -1.85. The Morgan fingerprint density at radius 2 is 1.79 bits per heavy atom. The van der Waals surface area contributed by atoms with Crippen molar-refractivity contribution in [2.45, 2.75) is 0 Å². The molecular weight excluding hydrogens is 243 g/mol. The second kappa shape index (κ2) is 3.68. The summed E-state index contributed by atoms with van der Waals surface area (Å²) in [7, 11) is 0. The number of halogens is 2.